The fraction of sp³-hybridized carbons (Fsp3) is 0.778. The van der Waals surface area contributed by atoms with Gasteiger partial charge in [-0.05, 0) is 19.3 Å². The molecule has 0 aromatic carbocycles. The zero-order chi connectivity index (χ0) is 14.2. The van der Waals surface area contributed by atoms with Gasteiger partial charge in [-0.3, -0.25) is 0 Å². The molecule has 0 saturated heterocycles. The molecule has 0 spiro atoms. The zero-order valence-corrected chi connectivity index (χ0v) is 13.1. The molecular formula is C18H33O. The lowest BCUT2D eigenvalue weighted by molar-refractivity contribution is 0.119. The maximum atomic E-state index is 11.5. The van der Waals surface area contributed by atoms with Crippen LogP contribution in [-0.2, 0) is 5.11 Å². The molecule has 0 aliphatic carbocycles. The van der Waals surface area contributed by atoms with Crippen LogP contribution in [-0.4, -0.2) is 6.10 Å². The van der Waals surface area contributed by atoms with Gasteiger partial charge in [-0.15, -0.1) is 0 Å². The molecule has 111 valence electrons. The van der Waals surface area contributed by atoms with E-state index in [-0.39, 0.29) is 0 Å². The Labute approximate surface area is 120 Å². The second-order valence-corrected chi connectivity index (χ2v) is 5.40. The van der Waals surface area contributed by atoms with Gasteiger partial charge in [0.25, 0.3) is 0 Å². The van der Waals surface area contributed by atoms with Gasteiger partial charge in [0.2, 0.25) is 0 Å². The van der Waals surface area contributed by atoms with Crippen molar-refractivity contribution in [1.29, 1.82) is 0 Å². The van der Waals surface area contributed by atoms with E-state index >= 15 is 0 Å². The van der Waals surface area contributed by atoms with Crippen LogP contribution in [0.15, 0.2) is 24.3 Å². The first-order valence-electron chi connectivity index (χ1n) is 8.30. The molecule has 0 heterocycles. The van der Waals surface area contributed by atoms with E-state index in [4.69, 9.17) is 0 Å². The first-order chi connectivity index (χ1) is 9.31. The van der Waals surface area contributed by atoms with E-state index in [9.17, 15) is 5.11 Å². The van der Waals surface area contributed by atoms with Crippen LogP contribution in [0.2, 0.25) is 0 Å². The maximum Gasteiger partial charge on any atom is 0.111 e. The van der Waals surface area contributed by atoms with E-state index in [1.807, 2.05) is 12.2 Å². The molecule has 0 rings (SSSR count). The van der Waals surface area contributed by atoms with E-state index in [1.165, 1.54) is 51.4 Å². The minimum Gasteiger partial charge on any atom is -0.229 e. The van der Waals surface area contributed by atoms with Crippen molar-refractivity contribution in [3.8, 4) is 0 Å². The van der Waals surface area contributed by atoms with E-state index < -0.39 is 6.10 Å². The van der Waals surface area contributed by atoms with Crippen LogP contribution in [0.4, 0.5) is 0 Å². The molecule has 0 amide bonds. The Bertz CT molecular complexity index is 218. The Balaban J connectivity index is 3.35. The first kappa shape index (κ1) is 18.4. The zero-order valence-electron chi connectivity index (χ0n) is 13.1. The lowest BCUT2D eigenvalue weighted by Crippen LogP contribution is -1.98. The van der Waals surface area contributed by atoms with Gasteiger partial charge in [0, 0.05) is 0 Å². The molecular weight excluding hydrogens is 232 g/mol. The highest BCUT2D eigenvalue weighted by molar-refractivity contribution is 5.04. The summed E-state index contributed by atoms with van der Waals surface area (Å²) in [7, 11) is 0. The summed E-state index contributed by atoms with van der Waals surface area (Å²) in [4.78, 5) is 0. The van der Waals surface area contributed by atoms with Crippen LogP contribution in [0.5, 0.6) is 0 Å². The highest BCUT2D eigenvalue weighted by Crippen LogP contribution is 2.07. The van der Waals surface area contributed by atoms with Gasteiger partial charge in [0.15, 0.2) is 0 Å². The van der Waals surface area contributed by atoms with Gasteiger partial charge >= 0.3 is 0 Å². The second kappa shape index (κ2) is 15.5. The summed E-state index contributed by atoms with van der Waals surface area (Å²) >= 11 is 0. The van der Waals surface area contributed by atoms with Crippen LogP contribution >= 0.6 is 0 Å². The molecule has 0 aliphatic heterocycles. The Morgan fingerprint density at radius 2 is 1.42 bits per heavy atom. The van der Waals surface area contributed by atoms with Gasteiger partial charge < -0.3 is 0 Å². The van der Waals surface area contributed by atoms with Crippen LogP contribution < -0.4 is 0 Å². The lowest BCUT2D eigenvalue weighted by Gasteiger charge is -2.00. The molecule has 0 aliphatic rings. The summed E-state index contributed by atoms with van der Waals surface area (Å²) in [5, 5.41) is 11.5. The molecule has 1 nitrogen and oxygen atoms in total. The van der Waals surface area contributed by atoms with E-state index in [2.05, 4.69) is 19.9 Å². The van der Waals surface area contributed by atoms with Crippen molar-refractivity contribution in [2.75, 3.05) is 0 Å². The van der Waals surface area contributed by atoms with Gasteiger partial charge in [0.05, 0.1) is 0 Å². The van der Waals surface area contributed by atoms with Gasteiger partial charge in [-0.1, -0.05) is 89.5 Å². The molecule has 0 saturated carbocycles. The third kappa shape index (κ3) is 15.4. The smallest absolute Gasteiger partial charge is 0.111 e. The number of unbranched alkanes of at least 4 members (excludes halogenated alkanes) is 8. The van der Waals surface area contributed by atoms with Gasteiger partial charge in [-0.25, -0.2) is 5.11 Å². The molecule has 0 aromatic rings. The fourth-order valence-corrected chi connectivity index (χ4v) is 2.10. The summed E-state index contributed by atoms with van der Waals surface area (Å²) in [5.41, 5.74) is 0. The van der Waals surface area contributed by atoms with Crippen molar-refractivity contribution in [2.45, 2.75) is 90.6 Å². The number of hydrogen-bond donors (Lipinski definition) is 0. The van der Waals surface area contributed by atoms with E-state index in [0.29, 0.717) is 0 Å². The molecule has 0 bridgehead atoms. The van der Waals surface area contributed by atoms with E-state index in [1.54, 1.807) is 6.08 Å². The first-order valence-corrected chi connectivity index (χ1v) is 8.30. The fourth-order valence-electron chi connectivity index (χ4n) is 2.10. The van der Waals surface area contributed by atoms with Crippen molar-refractivity contribution in [3.63, 3.8) is 0 Å². The summed E-state index contributed by atoms with van der Waals surface area (Å²) in [5.74, 6) is 0. The molecule has 0 unspecified atom stereocenters. The Morgan fingerprint density at radius 1 is 0.789 bits per heavy atom. The number of rotatable bonds is 13. The highest BCUT2D eigenvalue weighted by atomic mass is 16.3. The standard InChI is InChI=1S/C18H33O/c1-3-5-7-8-9-10-11-12-13-15-17-18(19)16-14-6-4-2/h12-13,15,17-18H,3-11,14,16H2,1-2H3/b13-12-,17-15+/t18-/m0/s1. The minimum absolute atomic E-state index is 0.509. The second-order valence-electron chi connectivity index (χ2n) is 5.40. The average Bonchev–Trinajstić information content (AvgIpc) is 2.41. The van der Waals surface area contributed by atoms with Crippen LogP contribution in [0.3, 0.4) is 0 Å². The van der Waals surface area contributed by atoms with Crippen LogP contribution in [0, 0.1) is 0 Å². The summed E-state index contributed by atoms with van der Waals surface area (Å²) in [6.07, 6.45) is 20.9. The van der Waals surface area contributed by atoms with Crippen LogP contribution in [0.1, 0.15) is 84.5 Å². The Kier molecular flexibility index (Phi) is 15.0. The molecule has 0 aromatic heterocycles. The molecule has 1 heteroatoms. The SMILES string of the molecule is CCCCCCCC/C=C\C=C\[C@@H]([O])CCCCC. The van der Waals surface area contributed by atoms with Gasteiger partial charge in [0.1, 0.15) is 6.10 Å². The molecule has 19 heavy (non-hydrogen) atoms. The van der Waals surface area contributed by atoms with Crippen molar-refractivity contribution in [1.82, 2.24) is 0 Å². The largest absolute Gasteiger partial charge is 0.229 e. The Hall–Kier alpha value is -0.560. The van der Waals surface area contributed by atoms with Crippen molar-refractivity contribution in [3.05, 3.63) is 24.3 Å². The lowest BCUT2D eigenvalue weighted by atomic mass is 10.1. The number of allylic oxidation sites excluding steroid dienone is 3. The molecule has 0 N–H and O–H groups in total. The van der Waals surface area contributed by atoms with Gasteiger partial charge in [-0.2, -0.15) is 0 Å². The normalized spacial score (nSPS) is 13.6. The summed E-state index contributed by atoms with van der Waals surface area (Å²) in [6.45, 7) is 4.42. The topological polar surface area (TPSA) is 19.9 Å². The minimum atomic E-state index is -0.509. The molecule has 0 fully saturated rings. The predicted octanol–water partition coefficient (Wildman–Crippen LogP) is 6.23. The third-order valence-electron chi connectivity index (χ3n) is 3.39. The van der Waals surface area contributed by atoms with Crippen molar-refractivity contribution in [2.24, 2.45) is 0 Å². The predicted molar refractivity (Wildman–Crippen MR) is 84.9 cm³/mol. The maximum absolute atomic E-state index is 11.5. The third-order valence-corrected chi connectivity index (χ3v) is 3.39. The summed E-state index contributed by atoms with van der Waals surface area (Å²) in [6, 6.07) is 0. The Morgan fingerprint density at radius 3 is 2.16 bits per heavy atom. The van der Waals surface area contributed by atoms with Crippen LogP contribution in [0.25, 0.3) is 0 Å². The molecule has 1 radical (unpaired) electrons. The average molecular weight is 265 g/mol. The van der Waals surface area contributed by atoms with E-state index in [0.717, 1.165) is 19.3 Å². The highest BCUT2D eigenvalue weighted by Gasteiger charge is 1.98. The number of hydrogen-bond acceptors (Lipinski definition) is 0. The van der Waals surface area contributed by atoms with Crippen molar-refractivity contribution < 1.29 is 5.11 Å². The monoisotopic (exact) mass is 265 g/mol. The quantitative estimate of drug-likeness (QED) is 0.278. The summed E-state index contributed by atoms with van der Waals surface area (Å²) < 4.78 is 0. The van der Waals surface area contributed by atoms with Crippen molar-refractivity contribution >= 4 is 0 Å². The molecule has 1 atom stereocenters.